The highest BCUT2D eigenvalue weighted by Crippen LogP contribution is 2.23. The Hall–Kier alpha value is -0.0800. The van der Waals surface area contributed by atoms with E-state index in [4.69, 9.17) is 4.74 Å². The summed E-state index contributed by atoms with van der Waals surface area (Å²) in [7, 11) is 0. The predicted molar refractivity (Wildman–Crippen MR) is 55.9 cm³/mol. The van der Waals surface area contributed by atoms with Gasteiger partial charge in [-0.3, -0.25) is 0 Å². The van der Waals surface area contributed by atoms with E-state index in [-0.39, 0.29) is 0 Å². The van der Waals surface area contributed by atoms with Gasteiger partial charge in [0.05, 0.1) is 12.2 Å². The summed E-state index contributed by atoms with van der Waals surface area (Å²) in [6.45, 7) is 8.63. The van der Waals surface area contributed by atoms with Crippen molar-refractivity contribution in [1.82, 2.24) is 5.32 Å². The SMILES string of the molecule is CC(C)N[C@@H]1CCC[C@H]1OC(C)C. The summed E-state index contributed by atoms with van der Waals surface area (Å²) in [5.41, 5.74) is 0. The molecule has 0 spiro atoms. The van der Waals surface area contributed by atoms with E-state index in [1.54, 1.807) is 0 Å². The summed E-state index contributed by atoms with van der Waals surface area (Å²) in [6.07, 6.45) is 4.61. The zero-order valence-electron chi connectivity index (χ0n) is 9.34. The van der Waals surface area contributed by atoms with E-state index >= 15 is 0 Å². The highest BCUT2D eigenvalue weighted by molar-refractivity contribution is 4.85. The Morgan fingerprint density at radius 2 is 1.85 bits per heavy atom. The molecule has 0 saturated heterocycles. The maximum absolute atomic E-state index is 5.86. The van der Waals surface area contributed by atoms with Crippen LogP contribution >= 0.6 is 0 Å². The van der Waals surface area contributed by atoms with Gasteiger partial charge in [-0.15, -0.1) is 0 Å². The van der Waals surface area contributed by atoms with Crippen LogP contribution in [0.3, 0.4) is 0 Å². The normalized spacial score (nSPS) is 29.1. The minimum atomic E-state index is 0.361. The maximum Gasteiger partial charge on any atom is 0.0731 e. The fourth-order valence-corrected chi connectivity index (χ4v) is 2.06. The fraction of sp³-hybridized carbons (Fsp3) is 1.00. The first-order valence-electron chi connectivity index (χ1n) is 5.51. The van der Waals surface area contributed by atoms with Gasteiger partial charge in [-0.25, -0.2) is 0 Å². The Morgan fingerprint density at radius 1 is 1.15 bits per heavy atom. The third kappa shape index (κ3) is 3.65. The van der Waals surface area contributed by atoms with Gasteiger partial charge in [0, 0.05) is 12.1 Å². The van der Waals surface area contributed by atoms with Gasteiger partial charge in [-0.05, 0) is 33.1 Å². The third-order valence-electron chi connectivity index (χ3n) is 2.45. The lowest BCUT2D eigenvalue weighted by molar-refractivity contribution is -0.00369. The molecule has 0 aromatic carbocycles. The molecule has 0 aromatic rings. The zero-order chi connectivity index (χ0) is 9.84. The van der Waals surface area contributed by atoms with Gasteiger partial charge >= 0.3 is 0 Å². The van der Waals surface area contributed by atoms with Crippen molar-refractivity contribution in [3.05, 3.63) is 0 Å². The minimum Gasteiger partial charge on any atom is -0.374 e. The van der Waals surface area contributed by atoms with Crippen LogP contribution in [0.25, 0.3) is 0 Å². The molecule has 1 aliphatic rings. The molecular formula is C11H23NO. The first kappa shape index (κ1) is 11.0. The molecule has 0 amide bonds. The Morgan fingerprint density at radius 3 is 2.38 bits per heavy atom. The minimum absolute atomic E-state index is 0.361. The monoisotopic (exact) mass is 185 g/mol. The van der Waals surface area contributed by atoms with Crippen molar-refractivity contribution in [3.8, 4) is 0 Å². The molecule has 1 fully saturated rings. The molecule has 1 aliphatic carbocycles. The second-order valence-electron chi connectivity index (χ2n) is 4.58. The molecule has 13 heavy (non-hydrogen) atoms. The first-order chi connectivity index (χ1) is 6.09. The predicted octanol–water partition coefficient (Wildman–Crippen LogP) is 2.33. The Kier molecular flexibility index (Phi) is 4.20. The van der Waals surface area contributed by atoms with Crippen LogP contribution in [0.15, 0.2) is 0 Å². The van der Waals surface area contributed by atoms with Crippen molar-refractivity contribution in [2.24, 2.45) is 0 Å². The van der Waals surface area contributed by atoms with Crippen LogP contribution in [-0.2, 0) is 4.74 Å². The van der Waals surface area contributed by atoms with E-state index in [9.17, 15) is 0 Å². The highest BCUT2D eigenvalue weighted by atomic mass is 16.5. The molecule has 2 atom stereocenters. The summed E-state index contributed by atoms with van der Waals surface area (Å²) in [5, 5.41) is 3.57. The smallest absolute Gasteiger partial charge is 0.0731 e. The lowest BCUT2D eigenvalue weighted by atomic mass is 10.2. The Balaban J connectivity index is 2.35. The number of ether oxygens (including phenoxy) is 1. The molecule has 0 heterocycles. The number of nitrogens with one attached hydrogen (secondary N) is 1. The molecule has 1 N–H and O–H groups in total. The molecule has 78 valence electrons. The largest absolute Gasteiger partial charge is 0.374 e. The van der Waals surface area contributed by atoms with Crippen LogP contribution in [0.1, 0.15) is 47.0 Å². The van der Waals surface area contributed by atoms with E-state index in [1.165, 1.54) is 19.3 Å². The average Bonchev–Trinajstić information content (AvgIpc) is 2.34. The maximum atomic E-state index is 5.86. The summed E-state index contributed by atoms with van der Waals surface area (Å²) in [5.74, 6) is 0. The van der Waals surface area contributed by atoms with E-state index in [2.05, 4.69) is 33.0 Å². The van der Waals surface area contributed by atoms with E-state index in [0.29, 0.717) is 24.3 Å². The molecule has 2 heteroatoms. The lowest BCUT2D eigenvalue weighted by Crippen LogP contribution is -2.41. The Bertz CT molecular complexity index is 129. The molecular weight excluding hydrogens is 162 g/mol. The molecule has 0 radical (unpaired) electrons. The standard InChI is InChI=1S/C11H23NO/c1-8(2)12-10-6-5-7-11(10)13-9(3)4/h8-12H,5-7H2,1-4H3/t10-,11-/m1/s1. The highest BCUT2D eigenvalue weighted by Gasteiger charge is 2.28. The van der Waals surface area contributed by atoms with Crippen LogP contribution < -0.4 is 5.32 Å². The fourth-order valence-electron chi connectivity index (χ4n) is 2.06. The topological polar surface area (TPSA) is 21.3 Å². The summed E-state index contributed by atoms with van der Waals surface area (Å²) < 4.78 is 5.86. The van der Waals surface area contributed by atoms with Crippen LogP contribution in [0.5, 0.6) is 0 Å². The number of rotatable bonds is 4. The molecule has 0 aliphatic heterocycles. The van der Waals surface area contributed by atoms with Crippen LogP contribution in [0, 0.1) is 0 Å². The molecule has 1 saturated carbocycles. The van der Waals surface area contributed by atoms with E-state index in [0.717, 1.165) is 0 Å². The molecule has 1 rings (SSSR count). The molecule has 0 unspecified atom stereocenters. The van der Waals surface area contributed by atoms with Crippen LogP contribution in [-0.4, -0.2) is 24.3 Å². The van der Waals surface area contributed by atoms with Crippen molar-refractivity contribution in [2.75, 3.05) is 0 Å². The summed E-state index contributed by atoms with van der Waals surface area (Å²) in [6, 6.07) is 1.16. The van der Waals surface area contributed by atoms with Gasteiger partial charge in [-0.1, -0.05) is 13.8 Å². The van der Waals surface area contributed by atoms with Crippen molar-refractivity contribution >= 4 is 0 Å². The van der Waals surface area contributed by atoms with Crippen molar-refractivity contribution in [2.45, 2.75) is 71.2 Å². The van der Waals surface area contributed by atoms with E-state index in [1.807, 2.05) is 0 Å². The second kappa shape index (κ2) is 4.97. The molecule has 2 nitrogen and oxygen atoms in total. The van der Waals surface area contributed by atoms with E-state index < -0.39 is 0 Å². The molecule has 0 bridgehead atoms. The number of hydrogen-bond donors (Lipinski definition) is 1. The van der Waals surface area contributed by atoms with Crippen molar-refractivity contribution in [1.29, 1.82) is 0 Å². The lowest BCUT2D eigenvalue weighted by Gasteiger charge is -2.25. The summed E-state index contributed by atoms with van der Waals surface area (Å²) in [4.78, 5) is 0. The van der Waals surface area contributed by atoms with Gasteiger partial charge in [-0.2, -0.15) is 0 Å². The average molecular weight is 185 g/mol. The zero-order valence-corrected chi connectivity index (χ0v) is 9.34. The molecule has 0 aromatic heterocycles. The van der Waals surface area contributed by atoms with Gasteiger partial charge in [0.15, 0.2) is 0 Å². The van der Waals surface area contributed by atoms with Gasteiger partial charge in [0.25, 0.3) is 0 Å². The van der Waals surface area contributed by atoms with Crippen LogP contribution in [0.2, 0.25) is 0 Å². The number of hydrogen-bond acceptors (Lipinski definition) is 2. The third-order valence-corrected chi connectivity index (χ3v) is 2.45. The van der Waals surface area contributed by atoms with Crippen molar-refractivity contribution in [3.63, 3.8) is 0 Å². The van der Waals surface area contributed by atoms with Crippen LogP contribution in [0.4, 0.5) is 0 Å². The quantitative estimate of drug-likeness (QED) is 0.726. The van der Waals surface area contributed by atoms with Gasteiger partial charge in [0.2, 0.25) is 0 Å². The summed E-state index contributed by atoms with van der Waals surface area (Å²) >= 11 is 0. The Labute approximate surface area is 82.0 Å². The first-order valence-corrected chi connectivity index (χ1v) is 5.51. The second-order valence-corrected chi connectivity index (χ2v) is 4.58. The van der Waals surface area contributed by atoms with Gasteiger partial charge < -0.3 is 10.1 Å². The van der Waals surface area contributed by atoms with Gasteiger partial charge in [0.1, 0.15) is 0 Å². The van der Waals surface area contributed by atoms with Crippen molar-refractivity contribution < 1.29 is 4.74 Å².